The van der Waals surface area contributed by atoms with Crippen LogP contribution in [0.3, 0.4) is 0 Å². The number of carbonyl (C=O) groups is 1. The minimum atomic E-state index is 0.182. The topological polar surface area (TPSA) is 36.4 Å². The molecule has 1 aliphatic carbocycles. The predicted octanol–water partition coefficient (Wildman–Crippen LogP) is 4.78. The highest BCUT2D eigenvalue weighted by molar-refractivity contribution is 7.22. The predicted molar refractivity (Wildman–Crippen MR) is 111 cm³/mol. The van der Waals surface area contributed by atoms with Crippen molar-refractivity contribution in [3.05, 3.63) is 23.3 Å². The molecule has 26 heavy (non-hydrogen) atoms. The fraction of sp³-hybridized carbons (Fsp3) is 0.619. The van der Waals surface area contributed by atoms with Crippen molar-refractivity contribution in [2.24, 2.45) is 5.92 Å². The van der Waals surface area contributed by atoms with Gasteiger partial charge in [-0.3, -0.25) is 9.69 Å². The quantitative estimate of drug-likeness (QED) is 0.701. The molecule has 1 amide bonds. The van der Waals surface area contributed by atoms with Gasteiger partial charge in [0.2, 0.25) is 5.91 Å². The van der Waals surface area contributed by atoms with Crippen LogP contribution in [-0.2, 0) is 4.79 Å². The Balaban J connectivity index is 1.91. The molecule has 0 N–H and O–H groups in total. The van der Waals surface area contributed by atoms with Crippen molar-refractivity contribution in [1.29, 1.82) is 0 Å². The zero-order valence-corrected chi connectivity index (χ0v) is 17.4. The summed E-state index contributed by atoms with van der Waals surface area (Å²) in [7, 11) is 0. The first-order chi connectivity index (χ1) is 12.5. The van der Waals surface area contributed by atoms with Crippen LogP contribution < -0.4 is 4.90 Å². The van der Waals surface area contributed by atoms with Gasteiger partial charge in [-0.25, -0.2) is 4.98 Å². The number of fused-ring (bicyclic) bond motifs is 1. The normalized spacial score (nSPS) is 15.3. The highest BCUT2D eigenvalue weighted by Crippen LogP contribution is 2.34. The first kappa shape index (κ1) is 19.3. The second-order valence-corrected chi connectivity index (χ2v) is 8.40. The van der Waals surface area contributed by atoms with Gasteiger partial charge in [-0.05, 0) is 57.0 Å². The number of hydrogen-bond donors (Lipinski definition) is 0. The maximum Gasteiger partial charge on any atom is 0.231 e. The van der Waals surface area contributed by atoms with Crippen molar-refractivity contribution in [3.8, 4) is 0 Å². The Labute approximate surface area is 161 Å². The molecule has 0 saturated heterocycles. The maximum absolute atomic E-state index is 13.2. The lowest BCUT2D eigenvalue weighted by Crippen LogP contribution is -2.41. The Morgan fingerprint density at radius 1 is 1.15 bits per heavy atom. The van der Waals surface area contributed by atoms with E-state index in [4.69, 9.17) is 4.98 Å². The molecule has 0 spiro atoms. The second kappa shape index (κ2) is 8.49. The van der Waals surface area contributed by atoms with Crippen molar-refractivity contribution in [2.45, 2.75) is 53.4 Å². The Morgan fingerprint density at radius 3 is 2.50 bits per heavy atom. The molecule has 142 valence electrons. The molecular weight excluding hydrogens is 342 g/mol. The van der Waals surface area contributed by atoms with E-state index in [0.29, 0.717) is 0 Å². The maximum atomic E-state index is 13.2. The minimum absolute atomic E-state index is 0.182. The van der Waals surface area contributed by atoms with Crippen molar-refractivity contribution in [1.82, 2.24) is 9.88 Å². The van der Waals surface area contributed by atoms with Crippen LogP contribution in [0.4, 0.5) is 5.13 Å². The van der Waals surface area contributed by atoms with Gasteiger partial charge in [-0.15, -0.1) is 0 Å². The summed E-state index contributed by atoms with van der Waals surface area (Å²) in [5, 5.41) is 0.873. The second-order valence-electron chi connectivity index (χ2n) is 7.42. The van der Waals surface area contributed by atoms with Crippen LogP contribution in [0.5, 0.6) is 0 Å². The summed E-state index contributed by atoms with van der Waals surface area (Å²) in [5.41, 5.74) is 3.50. The summed E-state index contributed by atoms with van der Waals surface area (Å²) in [6.07, 6.45) is 4.42. The van der Waals surface area contributed by atoms with Crippen LogP contribution >= 0.6 is 11.3 Å². The largest absolute Gasteiger partial charge is 0.302 e. The third-order valence-corrected chi connectivity index (χ3v) is 6.77. The third-order valence-electron chi connectivity index (χ3n) is 5.54. The van der Waals surface area contributed by atoms with Crippen molar-refractivity contribution in [3.63, 3.8) is 0 Å². The molecule has 4 nitrogen and oxygen atoms in total. The fourth-order valence-corrected chi connectivity index (χ4v) is 5.00. The molecular formula is C21H31N3OS. The number of thiazole rings is 1. The number of benzene rings is 1. The summed E-state index contributed by atoms with van der Waals surface area (Å²) >= 11 is 1.67. The Morgan fingerprint density at radius 2 is 1.85 bits per heavy atom. The summed E-state index contributed by atoms with van der Waals surface area (Å²) in [6.45, 7) is 12.3. The van der Waals surface area contributed by atoms with E-state index in [1.54, 1.807) is 11.3 Å². The first-order valence-electron chi connectivity index (χ1n) is 9.95. The summed E-state index contributed by atoms with van der Waals surface area (Å²) < 4.78 is 1.21. The highest BCUT2D eigenvalue weighted by atomic mass is 32.1. The average Bonchev–Trinajstić information content (AvgIpc) is 3.28. The average molecular weight is 374 g/mol. The van der Waals surface area contributed by atoms with Gasteiger partial charge < -0.3 is 4.90 Å². The van der Waals surface area contributed by atoms with Gasteiger partial charge in [-0.2, -0.15) is 0 Å². The number of hydrogen-bond acceptors (Lipinski definition) is 4. The van der Waals surface area contributed by atoms with Crippen LogP contribution in [-0.4, -0.2) is 42.0 Å². The lowest BCUT2D eigenvalue weighted by Gasteiger charge is -2.26. The molecule has 1 aromatic carbocycles. The molecule has 2 aromatic rings. The Hall–Kier alpha value is -1.46. The molecule has 0 radical (unpaired) electrons. The molecule has 5 heteroatoms. The van der Waals surface area contributed by atoms with E-state index in [2.05, 4.69) is 44.7 Å². The Kier molecular flexibility index (Phi) is 6.30. The van der Waals surface area contributed by atoms with Gasteiger partial charge in [0.15, 0.2) is 5.13 Å². The molecule has 0 atom stereocenters. The zero-order chi connectivity index (χ0) is 18.7. The zero-order valence-electron chi connectivity index (χ0n) is 16.5. The molecule has 1 aromatic heterocycles. The number of rotatable bonds is 7. The molecule has 1 saturated carbocycles. The lowest BCUT2D eigenvalue weighted by atomic mass is 10.1. The van der Waals surface area contributed by atoms with Crippen molar-refractivity contribution < 1.29 is 4.79 Å². The number of anilines is 1. The monoisotopic (exact) mass is 373 g/mol. The van der Waals surface area contributed by atoms with Gasteiger partial charge in [0.25, 0.3) is 0 Å². The minimum Gasteiger partial charge on any atom is -0.302 e. The fourth-order valence-electron chi connectivity index (χ4n) is 3.95. The van der Waals surface area contributed by atoms with E-state index in [0.717, 1.165) is 49.7 Å². The van der Waals surface area contributed by atoms with Crippen LogP contribution in [0.25, 0.3) is 10.2 Å². The van der Waals surface area contributed by atoms with Crippen molar-refractivity contribution >= 4 is 32.6 Å². The first-order valence-corrected chi connectivity index (χ1v) is 10.8. The van der Waals surface area contributed by atoms with Crippen LogP contribution in [0.1, 0.15) is 50.7 Å². The summed E-state index contributed by atoms with van der Waals surface area (Å²) in [4.78, 5) is 22.5. The molecule has 0 aliphatic heterocycles. The van der Waals surface area contributed by atoms with E-state index in [-0.39, 0.29) is 11.8 Å². The summed E-state index contributed by atoms with van der Waals surface area (Å²) in [5.74, 6) is 0.463. The van der Waals surface area contributed by atoms with E-state index in [9.17, 15) is 4.79 Å². The number of likely N-dealkylation sites (N-methyl/N-ethyl adjacent to an activating group) is 1. The third kappa shape index (κ3) is 4.09. The molecule has 0 unspecified atom stereocenters. The van der Waals surface area contributed by atoms with Crippen LogP contribution in [0.2, 0.25) is 0 Å². The van der Waals surface area contributed by atoms with Gasteiger partial charge in [-0.1, -0.05) is 44.1 Å². The smallest absolute Gasteiger partial charge is 0.231 e. The molecule has 1 fully saturated rings. The molecule has 0 bridgehead atoms. The van der Waals surface area contributed by atoms with Gasteiger partial charge in [0.1, 0.15) is 0 Å². The summed E-state index contributed by atoms with van der Waals surface area (Å²) in [6, 6.07) is 4.33. The lowest BCUT2D eigenvalue weighted by molar-refractivity contribution is -0.122. The van der Waals surface area contributed by atoms with Gasteiger partial charge in [0.05, 0.1) is 10.2 Å². The van der Waals surface area contributed by atoms with E-state index in [1.807, 2.05) is 4.90 Å². The molecule has 3 rings (SSSR count). The SMILES string of the molecule is CCN(CC)CCN(C(=O)C1CCCC1)c1nc2cc(C)cc(C)c2s1. The van der Waals surface area contributed by atoms with Crippen molar-refractivity contribution in [2.75, 3.05) is 31.1 Å². The molecule has 1 heterocycles. The van der Waals surface area contributed by atoms with Crippen LogP contribution in [0, 0.1) is 19.8 Å². The Bertz CT molecular complexity index is 760. The van der Waals surface area contributed by atoms with E-state index in [1.165, 1.54) is 28.7 Å². The number of carbonyl (C=O) groups excluding carboxylic acids is 1. The van der Waals surface area contributed by atoms with Crippen LogP contribution in [0.15, 0.2) is 12.1 Å². The van der Waals surface area contributed by atoms with E-state index < -0.39 is 0 Å². The van der Waals surface area contributed by atoms with E-state index >= 15 is 0 Å². The highest BCUT2D eigenvalue weighted by Gasteiger charge is 2.30. The number of amides is 1. The van der Waals surface area contributed by atoms with Gasteiger partial charge in [0, 0.05) is 19.0 Å². The standard InChI is InChI=1S/C21H31N3OS/c1-5-23(6-2)11-12-24(20(25)17-9-7-8-10-17)21-22-18-14-15(3)13-16(4)19(18)26-21/h13-14,17H,5-12H2,1-4H3. The van der Waals surface area contributed by atoms with Gasteiger partial charge >= 0.3 is 0 Å². The number of aromatic nitrogens is 1. The number of aryl methyl sites for hydroxylation is 2. The number of nitrogens with zero attached hydrogens (tertiary/aromatic N) is 3. The molecule has 1 aliphatic rings.